The number of hydrogen-bond acceptors (Lipinski definition) is 5. The maximum atomic E-state index is 13.0. The highest BCUT2D eigenvalue weighted by Crippen LogP contribution is 2.29. The van der Waals surface area contributed by atoms with Crippen LogP contribution in [0.2, 0.25) is 0 Å². The third-order valence-corrected chi connectivity index (χ3v) is 5.25. The number of ether oxygens (including phenoxy) is 2. The summed E-state index contributed by atoms with van der Waals surface area (Å²) in [7, 11) is 1.63. The SMILES string of the molecule is CCOc1ccccc1N1CCN(C(=O)c2cc(-c3cccc(OC)c3)n[nH]2)CC1. The molecule has 0 aliphatic carbocycles. The predicted octanol–water partition coefficient (Wildman–Crippen LogP) is 3.45. The number of carbonyl (C=O) groups excluding carboxylic acids is 1. The molecule has 4 rings (SSSR count). The summed E-state index contributed by atoms with van der Waals surface area (Å²) in [6, 6.07) is 17.5. The number of aromatic nitrogens is 2. The van der Waals surface area contributed by atoms with E-state index in [2.05, 4.69) is 21.2 Å². The molecule has 156 valence electrons. The van der Waals surface area contributed by atoms with Crippen molar-refractivity contribution in [3.63, 3.8) is 0 Å². The van der Waals surface area contributed by atoms with Crippen molar-refractivity contribution in [3.8, 4) is 22.8 Å². The van der Waals surface area contributed by atoms with Gasteiger partial charge in [-0.15, -0.1) is 0 Å². The summed E-state index contributed by atoms with van der Waals surface area (Å²) >= 11 is 0. The molecular formula is C23H26N4O3. The predicted molar refractivity (Wildman–Crippen MR) is 116 cm³/mol. The second-order valence-corrected chi connectivity index (χ2v) is 7.08. The van der Waals surface area contributed by atoms with Gasteiger partial charge in [0.25, 0.3) is 5.91 Å². The number of benzene rings is 2. The Balaban J connectivity index is 1.42. The summed E-state index contributed by atoms with van der Waals surface area (Å²) in [5.74, 6) is 1.61. The van der Waals surface area contributed by atoms with Crippen molar-refractivity contribution in [3.05, 3.63) is 60.3 Å². The lowest BCUT2D eigenvalue weighted by molar-refractivity contribution is 0.0740. The second-order valence-electron chi connectivity index (χ2n) is 7.08. The Morgan fingerprint density at radius 2 is 1.87 bits per heavy atom. The van der Waals surface area contributed by atoms with Crippen LogP contribution in [0.5, 0.6) is 11.5 Å². The molecule has 0 bridgehead atoms. The molecule has 1 aliphatic rings. The fraction of sp³-hybridized carbons (Fsp3) is 0.304. The van der Waals surface area contributed by atoms with Crippen LogP contribution in [0.3, 0.4) is 0 Å². The van der Waals surface area contributed by atoms with Gasteiger partial charge < -0.3 is 19.3 Å². The molecular weight excluding hydrogens is 380 g/mol. The zero-order valence-electron chi connectivity index (χ0n) is 17.3. The van der Waals surface area contributed by atoms with Crippen LogP contribution in [0.4, 0.5) is 5.69 Å². The van der Waals surface area contributed by atoms with Crippen LogP contribution in [0, 0.1) is 0 Å². The van der Waals surface area contributed by atoms with E-state index >= 15 is 0 Å². The van der Waals surface area contributed by atoms with E-state index < -0.39 is 0 Å². The minimum absolute atomic E-state index is 0.0330. The molecule has 1 saturated heterocycles. The van der Waals surface area contributed by atoms with Crippen molar-refractivity contribution in [1.82, 2.24) is 15.1 Å². The summed E-state index contributed by atoms with van der Waals surface area (Å²) < 4.78 is 11.0. The maximum Gasteiger partial charge on any atom is 0.272 e. The number of nitrogens with one attached hydrogen (secondary N) is 1. The molecule has 7 nitrogen and oxygen atoms in total. The van der Waals surface area contributed by atoms with Crippen LogP contribution < -0.4 is 14.4 Å². The lowest BCUT2D eigenvalue weighted by atomic mass is 10.1. The van der Waals surface area contributed by atoms with E-state index in [4.69, 9.17) is 9.47 Å². The van der Waals surface area contributed by atoms with Gasteiger partial charge in [-0.3, -0.25) is 9.89 Å². The van der Waals surface area contributed by atoms with E-state index in [-0.39, 0.29) is 5.91 Å². The van der Waals surface area contributed by atoms with Crippen LogP contribution in [-0.2, 0) is 0 Å². The van der Waals surface area contributed by atoms with Crippen molar-refractivity contribution in [2.24, 2.45) is 0 Å². The van der Waals surface area contributed by atoms with Crippen LogP contribution in [-0.4, -0.2) is 60.9 Å². The van der Waals surface area contributed by atoms with Crippen LogP contribution >= 0.6 is 0 Å². The van der Waals surface area contributed by atoms with Gasteiger partial charge in [-0.2, -0.15) is 5.10 Å². The molecule has 2 aromatic carbocycles. The van der Waals surface area contributed by atoms with Crippen molar-refractivity contribution in [1.29, 1.82) is 0 Å². The molecule has 1 fully saturated rings. The van der Waals surface area contributed by atoms with Crippen molar-refractivity contribution >= 4 is 11.6 Å². The Morgan fingerprint density at radius 3 is 2.63 bits per heavy atom. The first-order valence-corrected chi connectivity index (χ1v) is 10.2. The minimum Gasteiger partial charge on any atom is -0.497 e. The molecule has 0 saturated carbocycles. The zero-order valence-corrected chi connectivity index (χ0v) is 17.3. The van der Waals surface area contributed by atoms with Gasteiger partial charge in [-0.1, -0.05) is 24.3 Å². The van der Waals surface area contributed by atoms with Gasteiger partial charge in [0.05, 0.1) is 25.1 Å². The quantitative estimate of drug-likeness (QED) is 0.679. The summed E-state index contributed by atoms with van der Waals surface area (Å²) in [5.41, 5.74) is 3.20. The zero-order chi connectivity index (χ0) is 20.9. The first-order valence-electron chi connectivity index (χ1n) is 10.2. The Bertz CT molecular complexity index is 1010. The summed E-state index contributed by atoms with van der Waals surface area (Å²) in [6.07, 6.45) is 0. The van der Waals surface area contributed by atoms with Crippen LogP contribution in [0.1, 0.15) is 17.4 Å². The van der Waals surface area contributed by atoms with E-state index in [0.29, 0.717) is 25.4 Å². The van der Waals surface area contributed by atoms with Gasteiger partial charge in [-0.05, 0) is 37.3 Å². The second kappa shape index (κ2) is 8.90. The summed E-state index contributed by atoms with van der Waals surface area (Å²) in [6.45, 7) is 5.42. The van der Waals surface area contributed by atoms with Crippen molar-refractivity contribution < 1.29 is 14.3 Å². The molecule has 30 heavy (non-hydrogen) atoms. The largest absolute Gasteiger partial charge is 0.497 e. The Labute approximate surface area is 176 Å². The lowest BCUT2D eigenvalue weighted by Crippen LogP contribution is -2.49. The van der Waals surface area contributed by atoms with E-state index in [9.17, 15) is 4.79 Å². The van der Waals surface area contributed by atoms with Gasteiger partial charge >= 0.3 is 0 Å². The molecule has 1 N–H and O–H groups in total. The van der Waals surface area contributed by atoms with E-state index in [1.165, 1.54) is 0 Å². The molecule has 0 spiro atoms. The highest BCUT2D eigenvalue weighted by atomic mass is 16.5. The van der Waals surface area contributed by atoms with Gasteiger partial charge in [0.1, 0.15) is 17.2 Å². The molecule has 7 heteroatoms. The summed E-state index contributed by atoms with van der Waals surface area (Å²) in [4.78, 5) is 17.1. The van der Waals surface area contributed by atoms with Crippen LogP contribution in [0.15, 0.2) is 54.6 Å². The van der Waals surface area contributed by atoms with Gasteiger partial charge in [-0.25, -0.2) is 0 Å². The molecule has 2 heterocycles. The van der Waals surface area contributed by atoms with Crippen molar-refractivity contribution in [2.75, 3.05) is 44.8 Å². The Kier molecular flexibility index (Phi) is 5.88. The molecule has 0 radical (unpaired) electrons. The Morgan fingerprint density at radius 1 is 1.07 bits per heavy atom. The fourth-order valence-electron chi connectivity index (χ4n) is 3.68. The molecule has 1 aromatic heterocycles. The first-order chi connectivity index (χ1) is 14.7. The minimum atomic E-state index is -0.0330. The molecule has 1 amide bonds. The van der Waals surface area contributed by atoms with Crippen molar-refractivity contribution in [2.45, 2.75) is 6.92 Å². The average Bonchev–Trinajstić information content (AvgIpc) is 3.30. The topological polar surface area (TPSA) is 70.7 Å². The van der Waals surface area contributed by atoms with Gasteiger partial charge in [0.15, 0.2) is 0 Å². The number of hydrogen-bond donors (Lipinski definition) is 1. The number of methoxy groups -OCH3 is 1. The average molecular weight is 406 g/mol. The standard InChI is InChI=1S/C23H26N4O3/c1-3-30-22-10-5-4-9-21(22)26-11-13-27(14-12-26)23(28)20-16-19(24-25-20)17-7-6-8-18(15-17)29-2/h4-10,15-16H,3,11-14H2,1-2H3,(H,24,25). The normalized spacial score (nSPS) is 13.9. The number of carbonyl (C=O) groups is 1. The van der Waals surface area contributed by atoms with E-state index in [1.807, 2.05) is 54.3 Å². The number of nitrogens with zero attached hydrogens (tertiary/aromatic N) is 3. The number of H-pyrrole nitrogens is 1. The maximum absolute atomic E-state index is 13.0. The van der Waals surface area contributed by atoms with Crippen LogP contribution in [0.25, 0.3) is 11.3 Å². The molecule has 0 atom stereocenters. The summed E-state index contributed by atoms with van der Waals surface area (Å²) in [5, 5.41) is 7.21. The molecule has 3 aromatic rings. The number of para-hydroxylation sites is 2. The lowest BCUT2D eigenvalue weighted by Gasteiger charge is -2.36. The fourth-order valence-corrected chi connectivity index (χ4v) is 3.68. The third-order valence-electron chi connectivity index (χ3n) is 5.25. The number of aromatic amines is 1. The number of amides is 1. The third kappa shape index (κ3) is 4.10. The Hall–Kier alpha value is -3.48. The number of piperazine rings is 1. The first kappa shape index (κ1) is 19.8. The molecule has 1 aliphatic heterocycles. The number of rotatable bonds is 6. The highest BCUT2D eigenvalue weighted by Gasteiger charge is 2.25. The van der Waals surface area contributed by atoms with E-state index in [0.717, 1.165) is 41.5 Å². The highest BCUT2D eigenvalue weighted by molar-refractivity contribution is 5.93. The number of anilines is 1. The van der Waals surface area contributed by atoms with E-state index in [1.54, 1.807) is 13.2 Å². The monoisotopic (exact) mass is 406 g/mol. The smallest absolute Gasteiger partial charge is 0.272 e. The van der Waals surface area contributed by atoms with Gasteiger partial charge in [0.2, 0.25) is 0 Å². The molecule has 0 unspecified atom stereocenters. The van der Waals surface area contributed by atoms with Gasteiger partial charge in [0, 0.05) is 31.7 Å².